The number of nitrogens with zero attached hydrogens (tertiary/aromatic N) is 2. The first-order valence-corrected chi connectivity index (χ1v) is 5.28. The first-order chi connectivity index (χ1) is 7.18. The van der Waals surface area contributed by atoms with E-state index in [4.69, 9.17) is 0 Å². The molecule has 0 N–H and O–H groups in total. The quantitative estimate of drug-likeness (QED) is 0.726. The van der Waals surface area contributed by atoms with Crippen LogP contribution in [0.3, 0.4) is 0 Å². The zero-order valence-corrected chi connectivity index (χ0v) is 9.44. The molecule has 1 aromatic carbocycles. The van der Waals surface area contributed by atoms with Gasteiger partial charge >= 0.3 is 0 Å². The van der Waals surface area contributed by atoms with Gasteiger partial charge in [0.05, 0.1) is 0 Å². The summed E-state index contributed by atoms with van der Waals surface area (Å²) in [6.07, 6.45) is 3.89. The van der Waals surface area contributed by atoms with Crippen molar-refractivity contribution in [1.29, 1.82) is 0 Å². The van der Waals surface area contributed by atoms with Gasteiger partial charge in [0.1, 0.15) is 5.82 Å². The van der Waals surface area contributed by atoms with Crippen LogP contribution in [-0.2, 0) is 0 Å². The van der Waals surface area contributed by atoms with Crippen molar-refractivity contribution in [3.63, 3.8) is 0 Å². The number of imidazole rings is 1. The van der Waals surface area contributed by atoms with Crippen molar-refractivity contribution in [3.05, 3.63) is 42.2 Å². The Morgan fingerprint density at radius 3 is 2.73 bits per heavy atom. The summed E-state index contributed by atoms with van der Waals surface area (Å²) in [5.74, 6) is 1.05. The van der Waals surface area contributed by atoms with Crippen molar-refractivity contribution in [2.24, 2.45) is 0 Å². The Balaban J connectivity index is 2.49. The fourth-order valence-electron chi connectivity index (χ4n) is 1.74. The molecule has 2 nitrogen and oxygen atoms in total. The summed E-state index contributed by atoms with van der Waals surface area (Å²) in [6.45, 7) is 6.44. The molecule has 0 bridgehead atoms. The highest BCUT2D eigenvalue weighted by Crippen LogP contribution is 2.21. The van der Waals surface area contributed by atoms with Crippen LogP contribution in [0.5, 0.6) is 0 Å². The minimum Gasteiger partial charge on any atom is -0.328 e. The van der Waals surface area contributed by atoms with E-state index in [-0.39, 0.29) is 0 Å². The standard InChI is InChI=1S/C13H16N2/c1-10(2)15-8-7-14-13(15)12-6-4-5-11(3)9-12/h4-10H,1-3H3. The Kier molecular flexibility index (Phi) is 2.58. The summed E-state index contributed by atoms with van der Waals surface area (Å²) in [6, 6.07) is 8.90. The van der Waals surface area contributed by atoms with E-state index in [1.54, 1.807) is 0 Å². The fraction of sp³-hybridized carbons (Fsp3) is 0.308. The number of aromatic nitrogens is 2. The lowest BCUT2D eigenvalue weighted by Crippen LogP contribution is -2.01. The highest BCUT2D eigenvalue weighted by Gasteiger charge is 2.07. The van der Waals surface area contributed by atoms with Crippen LogP contribution in [0, 0.1) is 6.92 Å². The fourth-order valence-corrected chi connectivity index (χ4v) is 1.74. The topological polar surface area (TPSA) is 17.8 Å². The van der Waals surface area contributed by atoms with Gasteiger partial charge in [-0.15, -0.1) is 0 Å². The van der Waals surface area contributed by atoms with Gasteiger partial charge in [0.15, 0.2) is 0 Å². The number of hydrogen-bond acceptors (Lipinski definition) is 1. The lowest BCUT2D eigenvalue weighted by atomic mass is 10.1. The number of rotatable bonds is 2. The van der Waals surface area contributed by atoms with Gasteiger partial charge < -0.3 is 4.57 Å². The maximum absolute atomic E-state index is 4.41. The molecular formula is C13H16N2. The van der Waals surface area contributed by atoms with E-state index < -0.39 is 0 Å². The molecule has 0 radical (unpaired) electrons. The molecular weight excluding hydrogens is 184 g/mol. The number of aryl methyl sites for hydroxylation is 1. The zero-order chi connectivity index (χ0) is 10.8. The van der Waals surface area contributed by atoms with Gasteiger partial charge in [-0.2, -0.15) is 0 Å². The van der Waals surface area contributed by atoms with Gasteiger partial charge in [0, 0.05) is 24.0 Å². The molecule has 0 fully saturated rings. The zero-order valence-electron chi connectivity index (χ0n) is 9.44. The lowest BCUT2D eigenvalue weighted by Gasteiger charge is -2.11. The van der Waals surface area contributed by atoms with Gasteiger partial charge in [0.25, 0.3) is 0 Å². The van der Waals surface area contributed by atoms with Crippen LogP contribution in [0.1, 0.15) is 25.5 Å². The van der Waals surface area contributed by atoms with Crippen LogP contribution in [-0.4, -0.2) is 9.55 Å². The molecule has 0 aliphatic rings. The first kappa shape index (κ1) is 9.97. The number of benzene rings is 1. The Hall–Kier alpha value is -1.57. The van der Waals surface area contributed by atoms with Gasteiger partial charge in [-0.1, -0.05) is 23.8 Å². The molecule has 0 saturated carbocycles. The van der Waals surface area contributed by atoms with E-state index in [1.165, 1.54) is 11.1 Å². The number of hydrogen-bond donors (Lipinski definition) is 0. The van der Waals surface area contributed by atoms with E-state index in [9.17, 15) is 0 Å². The summed E-state index contributed by atoms with van der Waals surface area (Å²) in [7, 11) is 0. The Morgan fingerprint density at radius 2 is 2.07 bits per heavy atom. The minimum absolute atomic E-state index is 0.447. The third kappa shape index (κ3) is 1.94. The summed E-state index contributed by atoms with van der Waals surface area (Å²) >= 11 is 0. The largest absolute Gasteiger partial charge is 0.328 e. The highest BCUT2D eigenvalue weighted by molar-refractivity contribution is 5.56. The van der Waals surface area contributed by atoms with E-state index in [0.29, 0.717) is 6.04 Å². The Labute approximate surface area is 90.6 Å². The molecule has 1 aromatic heterocycles. The van der Waals surface area contributed by atoms with Crippen LogP contribution >= 0.6 is 0 Å². The Bertz CT molecular complexity index is 455. The molecule has 78 valence electrons. The molecule has 0 unspecified atom stereocenters. The van der Waals surface area contributed by atoms with Crippen molar-refractivity contribution in [3.8, 4) is 11.4 Å². The predicted octanol–water partition coefficient (Wildman–Crippen LogP) is 3.44. The molecule has 0 spiro atoms. The first-order valence-electron chi connectivity index (χ1n) is 5.28. The molecule has 2 rings (SSSR count). The van der Waals surface area contributed by atoms with Gasteiger partial charge in [-0.05, 0) is 26.8 Å². The second-order valence-corrected chi connectivity index (χ2v) is 4.12. The smallest absolute Gasteiger partial charge is 0.140 e. The molecule has 0 aliphatic carbocycles. The van der Waals surface area contributed by atoms with Crippen molar-refractivity contribution in [2.45, 2.75) is 26.8 Å². The minimum atomic E-state index is 0.447. The van der Waals surface area contributed by atoms with Crippen LogP contribution < -0.4 is 0 Å². The maximum Gasteiger partial charge on any atom is 0.140 e. The van der Waals surface area contributed by atoms with Crippen molar-refractivity contribution >= 4 is 0 Å². The molecule has 2 aromatic rings. The van der Waals surface area contributed by atoms with Crippen molar-refractivity contribution < 1.29 is 0 Å². The normalized spacial score (nSPS) is 10.9. The molecule has 0 atom stereocenters. The third-order valence-electron chi connectivity index (χ3n) is 2.50. The second-order valence-electron chi connectivity index (χ2n) is 4.12. The van der Waals surface area contributed by atoms with Crippen molar-refractivity contribution in [1.82, 2.24) is 9.55 Å². The molecule has 15 heavy (non-hydrogen) atoms. The van der Waals surface area contributed by atoms with E-state index in [0.717, 1.165) is 5.82 Å². The summed E-state index contributed by atoms with van der Waals surface area (Å²) in [5, 5.41) is 0. The third-order valence-corrected chi connectivity index (χ3v) is 2.50. The molecule has 0 saturated heterocycles. The average molecular weight is 200 g/mol. The van der Waals surface area contributed by atoms with Crippen LogP contribution in [0.25, 0.3) is 11.4 Å². The SMILES string of the molecule is Cc1cccc(-c2nccn2C(C)C)c1. The van der Waals surface area contributed by atoms with Gasteiger partial charge in [-0.3, -0.25) is 0 Å². The highest BCUT2D eigenvalue weighted by atomic mass is 15.1. The maximum atomic E-state index is 4.41. The lowest BCUT2D eigenvalue weighted by molar-refractivity contribution is 0.606. The van der Waals surface area contributed by atoms with E-state index in [2.05, 4.69) is 54.6 Å². The van der Waals surface area contributed by atoms with E-state index >= 15 is 0 Å². The van der Waals surface area contributed by atoms with Crippen LogP contribution in [0.4, 0.5) is 0 Å². The van der Waals surface area contributed by atoms with E-state index in [1.807, 2.05) is 12.4 Å². The summed E-state index contributed by atoms with van der Waals surface area (Å²) in [5.41, 5.74) is 2.46. The van der Waals surface area contributed by atoms with Crippen LogP contribution in [0.15, 0.2) is 36.7 Å². The van der Waals surface area contributed by atoms with Gasteiger partial charge in [0.2, 0.25) is 0 Å². The molecule has 0 aliphatic heterocycles. The monoisotopic (exact) mass is 200 g/mol. The molecule has 1 heterocycles. The van der Waals surface area contributed by atoms with Crippen LogP contribution in [0.2, 0.25) is 0 Å². The second kappa shape index (κ2) is 3.89. The average Bonchev–Trinajstić information content (AvgIpc) is 2.65. The summed E-state index contributed by atoms with van der Waals surface area (Å²) < 4.78 is 2.19. The van der Waals surface area contributed by atoms with Crippen molar-refractivity contribution in [2.75, 3.05) is 0 Å². The molecule has 2 heteroatoms. The van der Waals surface area contributed by atoms with Gasteiger partial charge in [-0.25, -0.2) is 4.98 Å². The molecule has 0 amide bonds. The Morgan fingerprint density at radius 1 is 1.27 bits per heavy atom. The summed E-state index contributed by atoms with van der Waals surface area (Å²) in [4.78, 5) is 4.41. The predicted molar refractivity (Wildman–Crippen MR) is 62.8 cm³/mol.